The first-order valence-corrected chi connectivity index (χ1v) is 7.94. The van der Waals surface area contributed by atoms with E-state index in [-0.39, 0.29) is 0 Å². The standard InChI is InChI=1S/C18H24N2O2/c1-11-5-4-6-12(7-11)18-14(19)8-13-9-16(21-2)17(22-3)10-15(13)20-18/h8-12H,4-7,19H2,1-3H3. The highest BCUT2D eigenvalue weighted by molar-refractivity contribution is 5.85. The highest BCUT2D eigenvalue weighted by Crippen LogP contribution is 2.39. The lowest BCUT2D eigenvalue weighted by Gasteiger charge is -2.27. The van der Waals surface area contributed by atoms with Crippen molar-refractivity contribution in [3.8, 4) is 11.5 Å². The largest absolute Gasteiger partial charge is 0.493 e. The van der Waals surface area contributed by atoms with E-state index in [9.17, 15) is 0 Å². The number of anilines is 1. The Labute approximate surface area is 131 Å². The quantitative estimate of drug-likeness (QED) is 0.926. The lowest BCUT2D eigenvalue weighted by atomic mass is 9.80. The van der Waals surface area contributed by atoms with Gasteiger partial charge >= 0.3 is 0 Å². The first-order valence-electron chi connectivity index (χ1n) is 7.94. The van der Waals surface area contributed by atoms with Crippen LogP contribution in [0.3, 0.4) is 0 Å². The predicted octanol–water partition coefficient (Wildman–Crippen LogP) is 4.13. The monoisotopic (exact) mass is 300 g/mol. The number of hydrogen-bond donors (Lipinski definition) is 1. The van der Waals surface area contributed by atoms with Gasteiger partial charge in [-0.05, 0) is 30.9 Å². The summed E-state index contributed by atoms with van der Waals surface area (Å²) < 4.78 is 10.7. The smallest absolute Gasteiger partial charge is 0.162 e. The van der Waals surface area contributed by atoms with Crippen LogP contribution < -0.4 is 15.2 Å². The van der Waals surface area contributed by atoms with Crippen molar-refractivity contribution in [1.82, 2.24) is 4.98 Å². The maximum Gasteiger partial charge on any atom is 0.162 e. The Bertz CT molecular complexity index is 684. The summed E-state index contributed by atoms with van der Waals surface area (Å²) in [5.74, 6) is 2.63. The minimum absolute atomic E-state index is 0.473. The summed E-state index contributed by atoms with van der Waals surface area (Å²) in [6.45, 7) is 2.32. The van der Waals surface area contributed by atoms with Gasteiger partial charge in [-0.15, -0.1) is 0 Å². The lowest BCUT2D eigenvalue weighted by molar-refractivity contribution is 0.341. The second kappa shape index (κ2) is 6.03. The summed E-state index contributed by atoms with van der Waals surface area (Å²) in [6.07, 6.45) is 4.93. The summed E-state index contributed by atoms with van der Waals surface area (Å²) in [5, 5.41) is 0.989. The van der Waals surface area contributed by atoms with Crippen LogP contribution in [0.15, 0.2) is 18.2 Å². The third kappa shape index (κ3) is 2.70. The summed E-state index contributed by atoms with van der Waals surface area (Å²) in [6, 6.07) is 5.88. The van der Waals surface area contributed by atoms with E-state index < -0.39 is 0 Å². The zero-order chi connectivity index (χ0) is 15.7. The van der Waals surface area contributed by atoms with E-state index in [1.54, 1.807) is 14.2 Å². The van der Waals surface area contributed by atoms with Gasteiger partial charge in [0.25, 0.3) is 0 Å². The van der Waals surface area contributed by atoms with Gasteiger partial charge in [-0.25, -0.2) is 0 Å². The first kappa shape index (κ1) is 14.9. The molecule has 0 saturated heterocycles. The van der Waals surface area contributed by atoms with Crippen LogP contribution in [0, 0.1) is 5.92 Å². The van der Waals surface area contributed by atoms with E-state index >= 15 is 0 Å². The van der Waals surface area contributed by atoms with E-state index in [2.05, 4.69) is 6.92 Å². The van der Waals surface area contributed by atoms with Gasteiger partial charge in [0, 0.05) is 17.4 Å². The second-order valence-electron chi connectivity index (χ2n) is 6.33. The van der Waals surface area contributed by atoms with Gasteiger partial charge in [-0.2, -0.15) is 0 Å². The van der Waals surface area contributed by atoms with Gasteiger partial charge in [-0.3, -0.25) is 4.98 Å². The van der Waals surface area contributed by atoms with Crippen molar-refractivity contribution in [2.45, 2.75) is 38.5 Å². The molecular weight excluding hydrogens is 276 g/mol. The Hall–Kier alpha value is -1.97. The Morgan fingerprint density at radius 2 is 1.82 bits per heavy atom. The van der Waals surface area contributed by atoms with Crippen molar-refractivity contribution in [2.75, 3.05) is 20.0 Å². The number of methoxy groups -OCH3 is 2. The molecule has 1 aromatic carbocycles. The molecule has 1 fully saturated rings. The number of nitrogens with two attached hydrogens (primary N) is 1. The molecule has 22 heavy (non-hydrogen) atoms. The Balaban J connectivity index is 2.06. The highest BCUT2D eigenvalue weighted by Gasteiger charge is 2.24. The third-order valence-corrected chi connectivity index (χ3v) is 4.70. The molecule has 0 spiro atoms. The number of rotatable bonds is 3. The molecular formula is C18H24N2O2. The van der Waals surface area contributed by atoms with Crippen molar-refractivity contribution < 1.29 is 9.47 Å². The summed E-state index contributed by atoms with van der Waals surface area (Å²) in [7, 11) is 3.28. The van der Waals surface area contributed by atoms with Crippen LogP contribution >= 0.6 is 0 Å². The highest BCUT2D eigenvalue weighted by atomic mass is 16.5. The molecule has 1 saturated carbocycles. The van der Waals surface area contributed by atoms with Crippen LogP contribution in [0.4, 0.5) is 5.69 Å². The second-order valence-corrected chi connectivity index (χ2v) is 6.33. The molecule has 0 amide bonds. The Morgan fingerprint density at radius 1 is 1.09 bits per heavy atom. The molecule has 3 rings (SSSR count). The van der Waals surface area contributed by atoms with Gasteiger partial charge in [-0.1, -0.05) is 19.8 Å². The molecule has 4 nitrogen and oxygen atoms in total. The summed E-state index contributed by atoms with van der Waals surface area (Å²) in [4.78, 5) is 4.86. The number of ether oxygens (including phenoxy) is 2. The fourth-order valence-electron chi connectivity index (χ4n) is 3.54. The minimum Gasteiger partial charge on any atom is -0.493 e. The van der Waals surface area contributed by atoms with E-state index in [1.807, 2.05) is 18.2 Å². The molecule has 2 atom stereocenters. The molecule has 0 bridgehead atoms. The number of hydrogen-bond acceptors (Lipinski definition) is 4. The topological polar surface area (TPSA) is 57.4 Å². The number of pyridine rings is 1. The number of benzene rings is 1. The van der Waals surface area contributed by atoms with Crippen molar-refractivity contribution in [3.05, 3.63) is 23.9 Å². The fourth-order valence-corrected chi connectivity index (χ4v) is 3.54. The van der Waals surface area contributed by atoms with Gasteiger partial charge < -0.3 is 15.2 Å². The molecule has 2 aromatic rings. The van der Waals surface area contributed by atoms with Crippen LogP contribution in [-0.4, -0.2) is 19.2 Å². The molecule has 1 aromatic heterocycles. The average Bonchev–Trinajstić information content (AvgIpc) is 2.53. The molecule has 118 valence electrons. The Kier molecular flexibility index (Phi) is 4.10. The van der Waals surface area contributed by atoms with E-state index in [4.69, 9.17) is 20.2 Å². The van der Waals surface area contributed by atoms with Crippen molar-refractivity contribution in [2.24, 2.45) is 5.92 Å². The fraction of sp³-hybridized carbons (Fsp3) is 0.500. The van der Waals surface area contributed by atoms with Gasteiger partial charge in [0.15, 0.2) is 11.5 Å². The van der Waals surface area contributed by atoms with Gasteiger partial charge in [0.05, 0.1) is 31.1 Å². The average molecular weight is 300 g/mol. The molecule has 1 aliphatic rings. The molecule has 2 unspecified atom stereocenters. The summed E-state index contributed by atoms with van der Waals surface area (Å²) in [5.41, 5.74) is 9.05. The molecule has 0 radical (unpaired) electrons. The van der Waals surface area contributed by atoms with E-state index in [0.717, 1.165) is 28.2 Å². The maximum atomic E-state index is 6.29. The maximum absolute atomic E-state index is 6.29. The minimum atomic E-state index is 0.473. The first-order chi connectivity index (χ1) is 10.6. The van der Waals surface area contributed by atoms with Crippen molar-refractivity contribution in [1.29, 1.82) is 0 Å². The van der Waals surface area contributed by atoms with Gasteiger partial charge in [0.2, 0.25) is 0 Å². The molecule has 4 heteroatoms. The predicted molar refractivity (Wildman–Crippen MR) is 89.6 cm³/mol. The number of fused-ring (bicyclic) bond motifs is 1. The SMILES string of the molecule is COc1cc2cc(N)c(C3CCCC(C)C3)nc2cc1OC. The van der Waals surface area contributed by atoms with E-state index in [1.165, 1.54) is 25.7 Å². The van der Waals surface area contributed by atoms with Crippen LogP contribution in [0.5, 0.6) is 11.5 Å². The number of nitrogens with zero attached hydrogens (tertiary/aromatic N) is 1. The normalized spacial score (nSPS) is 21.8. The van der Waals surface area contributed by atoms with E-state index in [0.29, 0.717) is 17.4 Å². The van der Waals surface area contributed by atoms with Crippen molar-refractivity contribution in [3.63, 3.8) is 0 Å². The zero-order valence-electron chi connectivity index (χ0n) is 13.6. The van der Waals surface area contributed by atoms with Crippen LogP contribution in [0.25, 0.3) is 10.9 Å². The van der Waals surface area contributed by atoms with Crippen LogP contribution in [0.2, 0.25) is 0 Å². The Morgan fingerprint density at radius 3 is 2.50 bits per heavy atom. The lowest BCUT2D eigenvalue weighted by Crippen LogP contribution is -2.14. The molecule has 0 aliphatic heterocycles. The van der Waals surface area contributed by atoms with Crippen LogP contribution in [0.1, 0.15) is 44.2 Å². The summed E-state index contributed by atoms with van der Waals surface area (Å²) >= 11 is 0. The third-order valence-electron chi connectivity index (χ3n) is 4.70. The van der Waals surface area contributed by atoms with Crippen molar-refractivity contribution >= 4 is 16.6 Å². The van der Waals surface area contributed by atoms with Gasteiger partial charge in [0.1, 0.15) is 0 Å². The number of aromatic nitrogens is 1. The molecule has 2 N–H and O–H groups in total. The number of nitrogen functional groups attached to an aromatic ring is 1. The molecule has 1 heterocycles. The molecule has 1 aliphatic carbocycles. The van der Waals surface area contributed by atoms with Crippen LogP contribution in [-0.2, 0) is 0 Å². The zero-order valence-corrected chi connectivity index (χ0v) is 13.6.